The van der Waals surface area contributed by atoms with E-state index in [1.807, 2.05) is 29.1 Å². The molecule has 47 heavy (non-hydrogen) atoms. The van der Waals surface area contributed by atoms with Crippen molar-refractivity contribution >= 4 is 57.8 Å². The standard InChI is InChI=1S/C27H32Cl2N6O.C8H16N2S/c1-5-21(36)33-14-27(15-33)11-17(12-27)35-16(2)22(25(32-35)34-9-7-6-8-26(34,3)4)23-18-13-30-31-20(18)10-19(28)24(23)29;1-9-5-8(6-9)3-4-10(7-8)11-2/h5,10,13,17H,1,6-9,11-12,14-15H2,2-4H3,(H,30,31);3-7H2,1-2H3. The molecule has 1 aliphatic carbocycles. The second-order valence-electron chi connectivity index (χ2n) is 15.5. The van der Waals surface area contributed by atoms with Crippen LogP contribution in [-0.2, 0) is 4.79 Å². The molecule has 0 radical (unpaired) electrons. The summed E-state index contributed by atoms with van der Waals surface area (Å²) in [4.78, 5) is 18.7. The number of hydrogen-bond acceptors (Lipinski definition) is 7. The van der Waals surface area contributed by atoms with Crippen molar-refractivity contribution in [1.29, 1.82) is 0 Å². The Morgan fingerprint density at radius 2 is 1.81 bits per heavy atom. The molecule has 8 rings (SSSR count). The van der Waals surface area contributed by atoms with Crippen LogP contribution in [0.2, 0.25) is 10.0 Å². The Morgan fingerprint density at radius 3 is 2.45 bits per heavy atom. The van der Waals surface area contributed by atoms with Gasteiger partial charge in [0.1, 0.15) is 0 Å². The first-order valence-electron chi connectivity index (χ1n) is 17.0. The van der Waals surface area contributed by atoms with Gasteiger partial charge in [0, 0.05) is 84.4 Å². The van der Waals surface area contributed by atoms with Crippen molar-refractivity contribution < 1.29 is 4.79 Å². The van der Waals surface area contributed by atoms with Gasteiger partial charge in [-0.1, -0.05) is 41.7 Å². The maximum Gasteiger partial charge on any atom is 0.245 e. The van der Waals surface area contributed by atoms with Crippen molar-refractivity contribution in [1.82, 2.24) is 34.1 Å². The molecule has 5 aliphatic rings. The molecule has 5 fully saturated rings. The van der Waals surface area contributed by atoms with E-state index in [2.05, 4.69) is 69.6 Å². The molecular weight excluding hydrogens is 651 g/mol. The Bertz CT molecular complexity index is 1680. The van der Waals surface area contributed by atoms with Crippen LogP contribution < -0.4 is 4.90 Å². The quantitative estimate of drug-likeness (QED) is 0.226. The van der Waals surface area contributed by atoms with Gasteiger partial charge < -0.3 is 14.7 Å². The van der Waals surface area contributed by atoms with E-state index in [9.17, 15) is 4.79 Å². The molecule has 6 heterocycles. The highest BCUT2D eigenvalue weighted by Gasteiger charge is 2.54. The molecule has 2 aromatic heterocycles. The van der Waals surface area contributed by atoms with Gasteiger partial charge in [0.2, 0.25) is 5.91 Å². The average Bonchev–Trinajstić information content (AvgIpc) is 3.70. The zero-order valence-corrected chi connectivity index (χ0v) is 30.7. The van der Waals surface area contributed by atoms with Crippen LogP contribution in [0, 0.1) is 17.8 Å². The summed E-state index contributed by atoms with van der Waals surface area (Å²) in [5.41, 5.74) is 4.78. The largest absolute Gasteiger partial charge is 0.350 e. The van der Waals surface area contributed by atoms with Gasteiger partial charge in [0.05, 0.1) is 27.8 Å². The number of likely N-dealkylation sites (tertiary alicyclic amines) is 2. The van der Waals surface area contributed by atoms with Gasteiger partial charge >= 0.3 is 0 Å². The lowest BCUT2D eigenvalue weighted by atomic mass is 9.60. The van der Waals surface area contributed by atoms with Gasteiger partial charge in [-0.05, 0) is 84.7 Å². The lowest BCUT2D eigenvalue weighted by molar-refractivity contribution is -0.149. The van der Waals surface area contributed by atoms with Crippen LogP contribution in [0.3, 0.4) is 0 Å². The third-order valence-corrected chi connectivity index (χ3v) is 13.1. The maximum absolute atomic E-state index is 12.0. The van der Waals surface area contributed by atoms with Crippen molar-refractivity contribution in [3.05, 3.63) is 40.7 Å². The lowest BCUT2D eigenvalue weighted by Crippen LogP contribution is -2.63. The molecule has 9 nitrogen and oxygen atoms in total. The Hall–Kier alpha value is -2.24. The molecule has 0 atom stereocenters. The molecule has 1 N–H and O–H groups in total. The predicted molar refractivity (Wildman–Crippen MR) is 194 cm³/mol. The topological polar surface area (TPSA) is 76.5 Å². The molecule has 0 bridgehead atoms. The summed E-state index contributed by atoms with van der Waals surface area (Å²) < 4.78 is 4.70. The van der Waals surface area contributed by atoms with Crippen molar-refractivity contribution in [3.63, 3.8) is 0 Å². The fourth-order valence-corrected chi connectivity index (χ4v) is 10.2. The maximum atomic E-state index is 12.0. The first-order valence-corrected chi connectivity index (χ1v) is 18.9. The van der Waals surface area contributed by atoms with E-state index in [0.29, 0.717) is 21.5 Å². The monoisotopic (exact) mass is 698 g/mol. The van der Waals surface area contributed by atoms with Gasteiger partial charge in [-0.2, -0.15) is 10.2 Å². The van der Waals surface area contributed by atoms with E-state index < -0.39 is 0 Å². The highest BCUT2D eigenvalue weighted by molar-refractivity contribution is 7.96. The summed E-state index contributed by atoms with van der Waals surface area (Å²) in [6.45, 7) is 18.2. The fourth-order valence-electron chi connectivity index (χ4n) is 9.10. The molecule has 1 aromatic carbocycles. The summed E-state index contributed by atoms with van der Waals surface area (Å²) >= 11 is 15.4. The van der Waals surface area contributed by atoms with Gasteiger partial charge in [-0.25, -0.2) is 0 Å². The molecule has 4 saturated heterocycles. The number of amides is 1. The number of nitrogens with one attached hydrogen (secondary N) is 1. The van der Waals surface area contributed by atoms with E-state index in [-0.39, 0.29) is 16.9 Å². The fraction of sp³-hybridized carbons (Fsp3) is 0.629. The smallest absolute Gasteiger partial charge is 0.245 e. The number of benzene rings is 1. The summed E-state index contributed by atoms with van der Waals surface area (Å²) in [6, 6.07) is 2.13. The molecule has 2 spiro atoms. The molecule has 1 amide bonds. The normalized spacial score (nSPS) is 23.4. The highest BCUT2D eigenvalue weighted by atomic mass is 35.5. The Morgan fingerprint density at radius 1 is 1.06 bits per heavy atom. The van der Waals surface area contributed by atoms with Gasteiger partial charge in [-0.15, -0.1) is 0 Å². The van der Waals surface area contributed by atoms with E-state index >= 15 is 0 Å². The molecule has 0 unspecified atom stereocenters. The SMILES string of the molecule is C=CC(=O)N1CC2(CC(n3nc(N4CCCCC4(C)C)c(-c4c(Cl)c(Cl)cc5[nH]ncc45)c3C)C2)C1.CSN1CCC2(CN(C)C2)C1. The highest BCUT2D eigenvalue weighted by Crippen LogP contribution is 2.56. The van der Waals surface area contributed by atoms with Crippen LogP contribution >= 0.6 is 35.1 Å². The van der Waals surface area contributed by atoms with Crippen LogP contribution in [0.5, 0.6) is 0 Å². The number of fused-ring (bicyclic) bond motifs is 1. The predicted octanol–water partition coefficient (Wildman–Crippen LogP) is 7.06. The van der Waals surface area contributed by atoms with Crippen LogP contribution in [0.4, 0.5) is 5.82 Å². The lowest BCUT2D eigenvalue weighted by Gasteiger charge is -2.58. The third kappa shape index (κ3) is 5.79. The number of carbonyl (C=O) groups excluding carboxylic acids is 1. The minimum absolute atomic E-state index is 0.0143. The van der Waals surface area contributed by atoms with Crippen molar-refractivity contribution in [2.45, 2.75) is 70.9 Å². The first kappa shape index (κ1) is 33.3. The van der Waals surface area contributed by atoms with E-state index in [1.54, 1.807) is 0 Å². The van der Waals surface area contributed by atoms with Crippen molar-refractivity contribution in [2.75, 3.05) is 64.0 Å². The summed E-state index contributed by atoms with van der Waals surface area (Å²) in [6.07, 6.45) is 12.3. The number of nitrogens with zero attached hydrogens (tertiary/aromatic N) is 7. The first-order chi connectivity index (χ1) is 22.4. The van der Waals surface area contributed by atoms with Crippen LogP contribution in [0.1, 0.15) is 64.1 Å². The van der Waals surface area contributed by atoms with Gasteiger partial charge in [0.15, 0.2) is 5.82 Å². The summed E-state index contributed by atoms with van der Waals surface area (Å²) in [5, 5.41) is 14.6. The second-order valence-corrected chi connectivity index (χ2v) is 17.1. The zero-order chi connectivity index (χ0) is 33.3. The number of piperidine rings is 1. The molecule has 1 saturated carbocycles. The van der Waals surface area contributed by atoms with E-state index in [1.165, 1.54) is 45.1 Å². The summed E-state index contributed by atoms with van der Waals surface area (Å²) in [7, 11) is 2.22. The van der Waals surface area contributed by atoms with E-state index in [4.69, 9.17) is 28.3 Å². The molecule has 4 aliphatic heterocycles. The number of aromatic nitrogens is 4. The number of aromatic amines is 1. The van der Waals surface area contributed by atoms with Crippen LogP contribution in [-0.4, -0.2) is 105 Å². The van der Waals surface area contributed by atoms with Gasteiger partial charge in [-0.3, -0.25) is 18.9 Å². The third-order valence-electron chi connectivity index (χ3n) is 11.5. The minimum Gasteiger partial charge on any atom is -0.350 e. The number of H-pyrrole nitrogens is 1. The molecule has 12 heteroatoms. The Labute approximate surface area is 293 Å². The molecule has 254 valence electrons. The Kier molecular flexibility index (Phi) is 8.68. The number of anilines is 1. The Balaban J connectivity index is 0.000000269. The van der Waals surface area contributed by atoms with E-state index in [0.717, 1.165) is 78.9 Å². The van der Waals surface area contributed by atoms with Gasteiger partial charge in [0.25, 0.3) is 0 Å². The molecule has 3 aromatic rings. The number of rotatable bonds is 5. The van der Waals surface area contributed by atoms with Crippen molar-refractivity contribution in [3.8, 4) is 11.1 Å². The zero-order valence-electron chi connectivity index (χ0n) is 28.4. The van der Waals surface area contributed by atoms with Crippen LogP contribution in [0.25, 0.3) is 22.0 Å². The average molecular weight is 700 g/mol. The number of hydrogen-bond donors (Lipinski definition) is 1. The second kappa shape index (κ2) is 12.3. The summed E-state index contributed by atoms with van der Waals surface area (Å²) in [5.74, 6) is 0.998. The number of halogens is 2. The minimum atomic E-state index is -0.0143. The molecular formula is C35H48Cl2N8OS. The number of carbonyl (C=O) groups is 1. The van der Waals surface area contributed by atoms with Crippen molar-refractivity contribution in [2.24, 2.45) is 10.8 Å². The van der Waals surface area contributed by atoms with Crippen LogP contribution in [0.15, 0.2) is 24.9 Å².